The number of carbonyl (C=O) groups is 11. The van der Waals surface area contributed by atoms with E-state index in [1.165, 1.54) is 22.5 Å². The lowest BCUT2D eigenvalue weighted by molar-refractivity contribution is -0.147. The molecule has 0 aliphatic carbocycles. The summed E-state index contributed by atoms with van der Waals surface area (Å²) in [6, 6.07) is 4.27. The number of carbonyl (C=O) groups excluding carboxylic acids is 10. The van der Waals surface area contributed by atoms with Crippen LogP contribution in [0.2, 0.25) is 0 Å². The average Bonchev–Trinajstić information content (AvgIpc) is 1.26. The molecule has 0 radical (unpaired) electrons. The molecule has 33 heteroatoms. The maximum atomic E-state index is 15.2. The number of carboxylic acid groups (broad SMARTS) is 1. The number of aliphatic carboxylic acids is 1. The molecule has 3 aromatic heterocycles. The zero-order chi connectivity index (χ0) is 71.4. The third-order valence-corrected chi connectivity index (χ3v) is 18.9. The lowest BCUT2D eigenvalue weighted by Gasteiger charge is -2.40. The number of likely N-dealkylation sites (tertiary alicyclic amines) is 2. The summed E-state index contributed by atoms with van der Waals surface area (Å²) < 4.78 is 0. The van der Waals surface area contributed by atoms with Crippen molar-refractivity contribution in [2.24, 2.45) is 11.5 Å². The molecule has 3 saturated heterocycles. The van der Waals surface area contributed by atoms with Crippen molar-refractivity contribution >= 4 is 94.5 Å². The van der Waals surface area contributed by atoms with Gasteiger partial charge in [-0.3, -0.25) is 58.1 Å². The van der Waals surface area contributed by atoms with Gasteiger partial charge in [0.25, 0.3) is 5.91 Å². The van der Waals surface area contributed by atoms with E-state index in [9.17, 15) is 53.1 Å². The van der Waals surface area contributed by atoms with Gasteiger partial charge in [0, 0.05) is 91.8 Å². The summed E-state index contributed by atoms with van der Waals surface area (Å²) in [7, 11) is 0. The second-order valence-corrected chi connectivity index (χ2v) is 26.1. The standard InChI is InChI=1S/C67H90N20O12S/c1-2-3-16-43(57(68)90)78-60(93)46(22-23-53(88)89)79-59(92)45(19-10-25-74-67(69)70)80-64(97)51-20-11-26-86(51)65(98)52-21-12-27-87(52)66(99)55-56(100)54(85-55)47(29-38-32-75-42-17-8-7-15-41(38)42)81-62(95)49(30-39-33-71-35-76-39)84-61(94)48(28-37-13-5-4-6-14-37)82-63(96)50(31-40-34-72-36-77-40)83-58(91)44-18-9-24-73-44/h4-8,13-15,17,32-36,43-52,55,73,75,85,100H,2-3,9-12,16,18-31H2,1H3,(H2,68,90)(H,71,76)(H,72,77)(H,78,93)(H,79,92)(H,80,97)(H,81,95)(H,82,96)(H,83,91)(H,84,94)(H,88,89)(H4,69,70,74)/t43-,44-,45+,46-,47-,48+,49-,50-,51-,52-,55-/m0/s1. The number of carboxylic acids is 1. The van der Waals surface area contributed by atoms with Gasteiger partial charge in [-0.1, -0.05) is 68.3 Å². The lowest BCUT2D eigenvalue weighted by atomic mass is 9.94. The number of nitrogens with one attached hydrogen (secondary N) is 14. The summed E-state index contributed by atoms with van der Waals surface area (Å²) in [6.45, 7) is 2.95. The number of hydrogen-bond donors (Lipinski definition) is 18. The van der Waals surface area contributed by atoms with Crippen LogP contribution in [0.15, 0.2) is 96.4 Å². The topological polar surface area (TPSA) is 484 Å². The molecule has 11 atom stereocenters. The minimum atomic E-state index is -1.46. The van der Waals surface area contributed by atoms with E-state index in [4.69, 9.17) is 29.5 Å². The summed E-state index contributed by atoms with van der Waals surface area (Å²) in [4.78, 5) is 175. The van der Waals surface area contributed by atoms with E-state index >= 15 is 4.79 Å². The Morgan fingerprint density at radius 3 is 1.81 bits per heavy atom. The first kappa shape index (κ1) is 73.9. The van der Waals surface area contributed by atoms with Gasteiger partial charge in [-0.15, -0.1) is 12.6 Å². The summed E-state index contributed by atoms with van der Waals surface area (Å²) in [6.07, 6.45) is 11.2. The number of nitrogens with zero attached hydrogens (tertiary/aromatic N) is 4. The Bertz CT molecular complexity index is 3750. The molecule has 536 valence electrons. The summed E-state index contributed by atoms with van der Waals surface area (Å²) in [5, 5.41) is 46.6. The number of benzene rings is 2. The number of amides is 10. The van der Waals surface area contributed by atoms with Crippen molar-refractivity contribution in [3.63, 3.8) is 0 Å². The van der Waals surface area contributed by atoms with Crippen molar-refractivity contribution in [2.75, 3.05) is 26.2 Å². The fraction of sp³-hybridized carbons (Fsp3) is 0.493. The second kappa shape index (κ2) is 35.5. The van der Waals surface area contributed by atoms with Crippen LogP contribution in [0.4, 0.5) is 0 Å². The van der Waals surface area contributed by atoms with Crippen LogP contribution in [0.5, 0.6) is 0 Å². The van der Waals surface area contributed by atoms with Gasteiger partial charge in [0.2, 0.25) is 53.2 Å². The molecule has 0 spiro atoms. The number of guanidine groups is 1. The molecular weight excluding hydrogens is 1310 g/mol. The van der Waals surface area contributed by atoms with Gasteiger partial charge >= 0.3 is 5.97 Å². The minimum absolute atomic E-state index is 0.00294. The molecule has 10 amide bonds. The van der Waals surface area contributed by atoms with Crippen LogP contribution in [0.3, 0.4) is 0 Å². The van der Waals surface area contributed by atoms with Gasteiger partial charge in [0.15, 0.2) is 5.96 Å². The molecular formula is C67H90N20O12S. The van der Waals surface area contributed by atoms with E-state index in [0.717, 1.165) is 22.9 Å². The molecule has 2 aromatic carbocycles. The van der Waals surface area contributed by atoms with Crippen molar-refractivity contribution < 1.29 is 57.8 Å². The Hall–Kier alpha value is -10.3. The third kappa shape index (κ3) is 19.7. The van der Waals surface area contributed by atoms with Crippen molar-refractivity contribution in [2.45, 2.75) is 183 Å². The van der Waals surface area contributed by atoms with Gasteiger partial charge in [0.05, 0.1) is 36.1 Å². The van der Waals surface area contributed by atoms with Crippen LogP contribution in [-0.2, 0) is 78.4 Å². The average molecular weight is 1400 g/mol. The molecule has 5 aromatic rings. The Balaban J connectivity index is 0.918. The molecule has 19 N–H and O–H groups in total. The van der Waals surface area contributed by atoms with Crippen LogP contribution in [0.1, 0.15) is 113 Å². The first-order chi connectivity index (χ1) is 48.1. The Kier molecular flexibility index (Phi) is 26.2. The van der Waals surface area contributed by atoms with E-state index < -0.39 is 132 Å². The van der Waals surface area contributed by atoms with Crippen LogP contribution >= 0.6 is 12.6 Å². The van der Waals surface area contributed by atoms with Crippen LogP contribution in [0, 0.1) is 5.41 Å². The largest absolute Gasteiger partial charge is 0.481 e. The Morgan fingerprint density at radius 2 is 1.20 bits per heavy atom. The van der Waals surface area contributed by atoms with Crippen LogP contribution < -0.4 is 64.6 Å². The predicted molar refractivity (Wildman–Crippen MR) is 368 cm³/mol. The molecule has 3 fully saturated rings. The van der Waals surface area contributed by atoms with Gasteiger partial charge in [-0.05, 0) is 87.9 Å². The number of aromatic amines is 3. The molecule has 4 aliphatic heterocycles. The molecule has 7 heterocycles. The SMILES string of the molecule is CCCC[C@H](NC(=O)[C@H](CCC(=O)O)NC(=O)[C@@H](CCCNC(=N)N)NC(=O)[C@@H]1CCCN1C(=O)[C@@H]1CCCN1C(=O)[C@H]1NC([C@H](Cc2c[nH]c3ccccc23)NC(=O)[C@H](Cc2c[nH]cn2)NC(=O)[C@@H](Cc2ccccc2)NC(=O)[C@H](Cc2c[nH]cn2)NC(=O)[C@@H]2CCCN2)=C1S)C(N)=O. The summed E-state index contributed by atoms with van der Waals surface area (Å²) >= 11 is 4.94. The van der Waals surface area contributed by atoms with Crippen LogP contribution in [0.25, 0.3) is 10.9 Å². The van der Waals surface area contributed by atoms with Gasteiger partial charge in [-0.2, -0.15) is 0 Å². The van der Waals surface area contributed by atoms with E-state index in [1.807, 2.05) is 43.5 Å². The number of hydrogen-bond acceptors (Lipinski definition) is 17. The Labute approximate surface area is 582 Å². The predicted octanol–water partition coefficient (Wildman–Crippen LogP) is -1.07. The van der Waals surface area contributed by atoms with Crippen LogP contribution in [-0.4, -0.2) is 203 Å². The monoisotopic (exact) mass is 1400 g/mol. The minimum Gasteiger partial charge on any atom is -0.481 e. The Morgan fingerprint density at radius 1 is 0.630 bits per heavy atom. The molecule has 0 unspecified atom stereocenters. The van der Waals surface area contributed by atoms with E-state index in [1.54, 1.807) is 36.7 Å². The second-order valence-electron chi connectivity index (χ2n) is 25.6. The molecule has 0 saturated carbocycles. The molecule has 9 rings (SSSR count). The highest BCUT2D eigenvalue weighted by Gasteiger charge is 2.47. The van der Waals surface area contributed by atoms with E-state index in [2.05, 4.69) is 78.1 Å². The van der Waals surface area contributed by atoms with Gasteiger partial charge in [0.1, 0.15) is 54.4 Å². The highest BCUT2D eigenvalue weighted by molar-refractivity contribution is 7.84. The first-order valence-corrected chi connectivity index (χ1v) is 34.4. The van der Waals surface area contributed by atoms with Crippen molar-refractivity contribution in [1.82, 2.24) is 87.9 Å². The quantitative estimate of drug-likeness (QED) is 0.00982. The van der Waals surface area contributed by atoms with Crippen molar-refractivity contribution in [3.8, 4) is 0 Å². The normalized spacial score (nSPS) is 19.3. The highest BCUT2D eigenvalue weighted by atomic mass is 32.1. The smallest absolute Gasteiger partial charge is 0.303 e. The first-order valence-electron chi connectivity index (χ1n) is 34.0. The number of nitrogens with two attached hydrogens (primary N) is 2. The number of unbranched alkanes of at least 4 members (excludes halogenated alkanes) is 1. The highest BCUT2D eigenvalue weighted by Crippen LogP contribution is 2.33. The molecule has 0 bridgehead atoms. The molecule has 100 heavy (non-hydrogen) atoms. The lowest BCUT2D eigenvalue weighted by Crippen LogP contribution is -2.62. The number of aromatic nitrogens is 5. The zero-order valence-corrected chi connectivity index (χ0v) is 56.5. The summed E-state index contributed by atoms with van der Waals surface area (Å²) in [5.74, 6) is -8.25. The fourth-order valence-electron chi connectivity index (χ4n) is 13.1. The fourth-order valence-corrected chi connectivity index (χ4v) is 13.5. The zero-order valence-electron chi connectivity index (χ0n) is 55.6. The maximum absolute atomic E-state index is 15.2. The number of fused-ring (bicyclic) bond motifs is 1. The van der Waals surface area contributed by atoms with Gasteiger partial charge in [-0.25, -0.2) is 9.97 Å². The summed E-state index contributed by atoms with van der Waals surface area (Å²) in [5.41, 5.74) is 14.7. The van der Waals surface area contributed by atoms with E-state index in [0.29, 0.717) is 61.3 Å². The third-order valence-electron chi connectivity index (χ3n) is 18.4. The number of rotatable bonds is 36. The van der Waals surface area contributed by atoms with E-state index in [-0.39, 0.29) is 101 Å². The molecule has 32 nitrogen and oxygen atoms in total. The van der Waals surface area contributed by atoms with Gasteiger partial charge < -0.3 is 94.5 Å². The molecule has 4 aliphatic rings. The number of imidazole rings is 2. The maximum Gasteiger partial charge on any atom is 0.303 e. The number of thiol groups is 1. The van der Waals surface area contributed by atoms with Crippen molar-refractivity contribution in [3.05, 3.63) is 119 Å². The number of primary amides is 1. The van der Waals surface area contributed by atoms with Crippen molar-refractivity contribution in [1.29, 1.82) is 5.41 Å². The number of H-pyrrole nitrogens is 3. The number of para-hydroxylation sites is 1.